The summed E-state index contributed by atoms with van der Waals surface area (Å²) in [5.41, 5.74) is 0.537. The van der Waals surface area contributed by atoms with Gasteiger partial charge in [-0.2, -0.15) is 0 Å². The van der Waals surface area contributed by atoms with Crippen molar-refractivity contribution < 1.29 is 27.5 Å². The number of ether oxygens (including phenoxy) is 2. The molecule has 0 aliphatic carbocycles. The smallest absolute Gasteiger partial charge is 0.354 e. The molecule has 0 aliphatic heterocycles. The molecule has 0 atom stereocenters. The third-order valence-corrected chi connectivity index (χ3v) is 2.92. The number of carbonyl (C=O) groups excluding carboxylic acids is 2. The summed E-state index contributed by atoms with van der Waals surface area (Å²) >= 11 is 0. The van der Waals surface area contributed by atoms with E-state index in [-0.39, 0.29) is 5.70 Å². The lowest BCUT2D eigenvalue weighted by molar-refractivity contribution is -0.138. The van der Waals surface area contributed by atoms with Gasteiger partial charge in [-0.15, -0.1) is 0 Å². The molecule has 9 heteroatoms. The first kappa shape index (κ1) is 17.5. The lowest BCUT2D eigenvalue weighted by Gasteiger charge is -2.11. The number of carbonyl (C=O) groups is 2. The average Bonchev–Trinajstić information content (AvgIpc) is 2.44. The van der Waals surface area contributed by atoms with Gasteiger partial charge in [0.2, 0.25) is 10.0 Å². The average molecular weight is 328 g/mol. The predicted molar refractivity (Wildman–Crippen MR) is 80.6 cm³/mol. The predicted octanol–water partition coefficient (Wildman–Crippen LogP) is 0.700. The van der Waals surface area contributed by atoms with Gasteiger partial charge in [0.1, 0.15) is 5.70 Å². The van der Waals surface area contributed by atoms with Crippen LogP contribution in [0.15, 0.2) is 36.0 Å². The molecule has 0 radical (unpaired) electrons. The van der Waals surface area contributed by atoms with Gasteiger partial charge in [0, 0.05) is 5.69 Å². The van der Waals surface area contributed by atoms with Crippen LogP contribution in [-0.2, 0) is 29.1 Å². The summed E-state index contributed by atoms with van der Waals surface area (Å²) in [6.07, 6.45) is 1.95. The Morgan fingerprint density at radius 1 is 1.14 bits per heavy atom. The Balaban J connectivity index is 3.04. The molecule has 0 fully saturated rings. The molecule has 0 saturated carbocycles. The van der Waals surface area contributed by atoms with Crippen molar-refractivity contribution in [2.75, 3.05) is 30.5 Å². The van der Waals surface area contributed by atoms with Gasteiger partial charge in [0.05, 0.1) is 32.2 Å². The maximum atomic E-state index is 11.6. The number of methoxy groups -OCH3 is 2. The third-order valence-electron chi connectivity index (χ3n) is 2.31. The summed E-state index contributed by atoms with van der Waals surface area (Å²) in [6, 6.07) is 6.15. The van der Waals surface area contributed by atoms with E-state index in [1.807, 2.05) is 0 Å². The maximum absolute atomic E-state index is 11.6. The molecule has 0 spiro atoms. The van der Waals surface area contributed by atoms with E-state index >= 15 is 0 Å². The second kappa shape index (κ2) is 7.46. The van der Waals surface area contributed by atoms with Crippen LogP contribution in [0.4, 0.5) is 11.4 Å². The Bertz CT molecular complexity index is 696. The lowest BCUT2D eigenvalue weighted by Crippen LogP contribution is -2.15. The highest BCUT2D eigenvalue weighted by molar-refractivity contribution is 7.92. The monoisotopic (exact) mass is 328 g/mol. The maximum Gasteiger partial charge on any atom is 0.354 e. The van der Waals surface area contributed by atoms with Gasteiger partial charge >= 0.3 is 11.9 Å². The molecule has 1 aromatic rings. The lowest BCUT2D eigenvalue weighted by atomic mass is 10.2. The Kier molecular flexibility index (Phi) is 5.93. The van der Waals surface area contributed by atoms with Crippen LogP contribution in [0.1, 0.15) is 0 Å². The Morgan fingerprint density at radius 3 is 2.32 bits per heavy atom. The number of hydrogen-bond donors (Lipinski definition) is 2. The minimum absolute atomic E-state index is 0.147. The van der Waals surface area contributed by atoms with Crippen molar-refractivity contribution in [3.8, 4) is 0 Å². The van der Waals surface area contributed by atoms with E-state index in [0.717, 1.165) is 19.4 Å². The highest BCUT2D eigenvalue weighted by Crippen LogP contribution is 2.18. The number of hydrogen-bond acceptors (Lipinski definition) is 7. The minimum Gasteiger partial charge on any atom is -0.466 e. The van der Waals surface area contributed by atoms with Gasteiger partial charge in [0.25, 0.3) is 0 Å². The van der Waals surface area contributed by atoms with Gasteiger partial charge in [-0.1, -0.05) is 6.07 Å². The van der Waals surface area contributed by atoms with E-state index in [0.29, 0.717) is 11.4 Å². The van der Waals surface area contributed by atoms with Crippen molar-refractivity contribution in [2.24, 2.45) is 0 Å². The van der Waals surface area contributed by atoms with Gasteiger partial charge < -0.3 is 14.8 Å². The standard InChI is InChI=1S/C13H16N2O6S/c1-20-12(16)8-11(13(17)21-2)14-9-5-4-6-10(7-9)15-22(3,18)19/h4-8,14-15H,1-3H3/b11-8+. The zero-order valence-corrected chi connectivity index (χ0v) is 13.1. The van der Waals surface area contributed by atoms with Crippen LogP contribution in [-0.4, -0.2) is 40.8 Å². The van der Waals surface area contributed by atoms with E-state index in [9.17, 15) is 18.0 Å². The molecular formula is C13H16N2O6S. The number of nitrogens with one attached hydrogen (secondary N) is 2. The largest absolute Gasteiger partial charge is 0.466 e. The van der Waals surface area contributed by atoms with Crippen LogP contribution in [0.5, 0.6) is 0 Å². The fraction of sp³-hybridized carbons (Fsp3) is 0.231. The first-order valence-electron chi connectivity index (χ1n) is 5.98. The minimum atomic E-state index is -3.42. The van der Waals surface area contributed by atoms with E-state index < -0.39 is 22.0 Å². The molecule has 1 rings (SSSR count). The van der Waals surface area contributed by atoms with Crippen molar-refractivity contribution in [3.05, 3.63) is 36.0 Å². The van der Waals surface area contributed by atoms with Crippen LogP contribution < -0.4 is 10.0 Å². The number of esters is 2. The van der Waals surface area contributed by atoms with Crippen molar-refractivity contribution in [1.82, 2.24) is 0 Å². The molecule has 8 nitrogen and oxygen atoms in total. The van der Waals surface area contributed by atoms with E-state index in [1.54, 1.807) is 12.1 Å². The number of benzene rings is 1. The summed E-state index contributed by atoms with van der Waals surface area (Å²) in [5, 5.41) is 2.67. The van der Waals surface area contributed by atoms with Crippen LogP contribution in [0.3, 0.4) is 0 Å². The summed E-state index contributed by atoms with van der Waals surface area (Å²) in [7, 11) is -1.09. The summed E-state index contributed by atoms with van der Waals surface area (Å²) in [4.78, 5) is 22.9. The second-order valence-electron chi connectivity index (χ2n) is 4.15. The highest BCUT2D eigenvalue weighted by Gasteiger charge is 2.13. The quantitative estimate of drug-likeness (QED) is 0.584. The Hall–Kier alpha value is -2.55. The summed E-state index contributed by atoms with van der Waals surface area (Å²) < 4.78 is 33.7. The van der Waals surface area contributed by atoms with Crippen molar-refractivity contribution in [1.29, 1.82) is 0 Å². The normalized spacial score (nSPS) is 11.5. The zero-order chi connectivity index (χ0) is 16.8. The van der Waals surface area contributed by atoms with Gasteiger partial charge in [-0.3, -0.25) is 4.72 Å². The van der Waals surface area contributed by atoms with Gasteiger partial charge in [-0.25, -0.2) is 18.0 Å². The van der Waals surface area contributed by atoms with Gasteiger partial charge in [0.15, 0.2) is 0 Å². The molecular weight excluding hydrogens is 312 g/mol. The molecule has 0 unspecified atom stereocenters. The van der Waals surface area contributed by atoms with Crippen LogP contribution in [0, 0.1) is 0 Å². The molecule has 0 amide bonds. The Labute approximate surface area is 128 Å². The fourth-order valence-corrected chi connectivity index (χ4v) is 2.02. The molecule has 0 saturated heterocycles. The van der Waals surface area contributed by atoms with Gasteiger partial charge in [-0.05, 0) is 18.2 Å². The summed E-state index contributed by atoms with van der Waals surface area (Å²) in [5.74, 6) is -1.51. The second-order valence-corrected chi connectivity index (χ2v) is 5.90. The van der Waals surface area contributed by atoms with Crippen LogP contribution in [0.2, 0.25) is 0 Å². The molecule has 120 valence electrons. The molecule has 2 N–H and O–H groups in total. The molecule has 1 aromatic carbocycles. The molecule has 0 bridgehead atoms. The topological polar surface area (TPSA) is 111 Å². The van der Waals surface area contributed by atoms with Crippen molar-refractivity contribution >= 4 is 33.3 Å². The van der Waals surface area contributed by atoms with E-state index in [4.69, 9.17) is 0 Å². The highest BCUT2D eigenvalue weighted by atomic mass is 32.2. The SMILES string of the molecule is COC(=O)/C=C(/Nc1cccc(NS(C)(=O)=O)c1)C(=O)OC. The molecule has 0 aromatic heterocycles. The first-order valence-corrected chi connectivity index (χ1v) is 7.87. The molecule has 22 heavy (non-hydrogen) atoms. The third kappa shape index (κ3) is 5.83. The van der Waals surface area contributed by atoms with Crippen molar-refractivity contribution in [2.45, 2.75) is 0 Å². The number of rotatable bonds is 6. The Morgan fingerprint density at radius 2 is 1.77 bits per heavy atom. The molecule has 0 heterocycles. The first-order chi connectivity index (χ1) is 10.2. The van der Waals surface area contributed by atoms with E-state index in [1.165, 1.54) is 19.2 Å². The van der Waals surface area contributed by atoms with Crippen molar-refractivity contribution in [3.63, 3.8) is 0 Å². The number of sulfonamides is 1. The molecule has 0 aliphatic rings. The fourth-order valence-electron chi connectivity index (χ4n) is 1.46. The van der Waals surface area contributed by atoms with Crippen LogP contribution >= 0.6 is 0 Å². The zero-order valence-electron chi connectivity index (χ0n) is 12.2. The summed E-state index contributed by atoms with van der Waals surface area (Å²) in [6.45, 7) is 0. The van der Waals surface area contributed by atoms with E-state index in [2.05, 4.69) is 19.5 Å². The number of anilines is 2. The van der Waals surface area contributed by atoms with Crippen LogP contribution in [0.25, 0.3) is 0 Å².